The van der Waals surface area contributed by atoms with Gasteiger partial charge in [0.2, 0.25) is 0 Å². The van der Waals surface area contributed by atoms with E-state index in [9.17, 15) is 9.59 Å². The predicted octanol–water partition coefficient (Wildman–Crippen LogP) is -5.87. The number of ketones is 2. The fourth-order valence-corrected chi connectivity index (χ4v) is 6.89. The molecule has 0 atom stereocenters. The van der Waals surface area contributed by atoms with Crippen LogP contribution in [0.25, 0.3) is 0 Å². The van der Waals surface area contributed by atoms with E-state index in [1.54, 1.807) is 12.1 Å². The topological polar surface area (TPSA) is 81.7 Å². The van der Waals surface area contributed by atoms with Crippen molar-refractivity contribution in [1.82, 2.24) is 0 Å². The minimum absolute atomic E-state index is 0.273. The summed E-state index contributed by atoms with van der Waals surface area (Å²) in [5.74, 6) is -0.795. The molecule has 0 heterocycles. The molecule has 0 fully saturated rings. The van der Waals surface area contributed by atoms with Crippen molar-refractivity contribution in [1.29, 1.82) is 10.5 Å². The zero-order valence-corrected chi connectivity index (χ0v) is 12.8. The third-order valence-electron chi connectivity index (χ3n) is 1.90. The van der Waals surface area contributed by atoms with E-state index in [0.717, 1.165) is 0 Å². The molecular weight excluding hydrogens is 434 g/mol. The monoisotopic (exact) mass is 440 g/mol. The number of rotatable bonds is 2. The summed E-state index contributed by atoms with van der Waals surface area (Å²) in [6, 6.07) is 3.35. The third-order valence-corrected chi connectivity index (χ3v) is 7.15. The van der Waals surface area contributed by atoms with Crippen LogP contribution in [0.5, 0.6) is 0 Å². The van der Waals surface area contributed by atoms with Gasteiger partial charge in [-0.3, -0.25) is 0 Å². The summed E-state index contributed by atoms with van der Waals surface area (Å²) in [5.41, 5.74) is -0.546. The van der Waals surface area contributed by atoms with Gasteiger partial charge in [-0.1, -0.05) is 0 Å². The first-order chi connectivity index (χ1) is 7.62. The Labute approximate surface area is 114 Å². The van der Waals surface area contributed by atoms with Crippen LogP contribution in [0.3, 0.4) is 0 Å². The summed E-state index contributed by atoms with van der Waals surface area (Å²) in [6.45, 7) is 0. The molecular formula is C10H6I2N2O2-2. The second-order valence-corrected chi connectivity index (χ2v) is 6.95. The zero-order chi connectivity index (χ0) is 12.3. The van der Waals surface area contributed by atoms with Crippen molar-refractivity contribution < 1.29 is 52.0 Å². The van der Waals surface area contributed by atoms with Crippen LogP contribution in [0, 0.1) is 22.7 Å². The van der Waals surface area contributed by atoms with Gasteiger partial charge in [-0.2, -0.15) is 0 Å². The molecule has 0 aromatic rings. The number of nitriles is 2. The van der Waals surface area contributed by atoms with Gasteiger partial charge < -0.3 is 0 Å². The number of carbonyl (C=O) groups excluding carboxylic acids is 2. The van der Waals surface area contributed by atoms with Gasteiger partial charge in [0, 0.05) is 0 Å². The number of hydrogen-bond acceptors (Lipinski definition) is 4. The Morgan fingerprint density at radius 2 is 1.19 bits per heavy atom. The number of nitrogens with zero attached hydrogens (tertiary/aromatic N) is 2. The Kier molecular flexibility index (Phi) is 4.62. The van der Waals surface area contributed by atoms with Crippen LogP contribution in [-0.2, 0) is 9.59 Å². The molecule has 0 saturated heterocycles. The van der Waals surface area contributed by atoms with Gasteiger partial charge in [0.1, 0.15) is 0 Å². The van der Waals surface area contributed by atoms with Crippen molar-refractivity contribution in [2.45, 2.75) is 0 Å². The molecule has 0 unspecified atom stereocenters. The molecule has 6 heteroatoms. The van der Waals surface area contributed by atoms with Crippen LogP contribution in [0.2, 0.25) is 0 Å². The molecule has 0 aromatic carbocycles. The molecule has 84 valence electrons. The molecule has 1 aliphatic rings. The maximum atomic E-state index is 11.9. The second-order valence-electron chi connectivity index (χ2n) is 2.64. The number of hydrogen-bond donors (Lipinski definition) is 0. The van der Waals surface area contributed by atoms with Gasteiger partial charge in [-0.05, 0) is 0 Å². The van der Waals surface area contributed by atoms with Crippen LogP contribution in [-0.4, -0.2) is 21.4 Å². The Hall–Kier alpha value is -0.740. The summed E-state index contributed by atoms with van der Waals surface area (Å²) in [6.07, 6.45) is 0. The van der Waals surface area contributed by atoms with Gasteiger partial charge in [0.15, 0.2) is 0 Å². The van der Waals surface area contributed by atoms with Crippen LogP contribution < -0.4 is 42.4 Å². The predicted molar refractivity (Wildman–Crippen MR) is 47.1 cm³/mol. The maximum absolute atomic E-state index is 11.9. The van der Waals surface area contributed by atoms with E-state index in [2.05, 4.69) is 0 Å². The molecule has 1 rings (SSSR count). The van der Waals surface area contributed by atoms with E-state index in [1.165, 1.54) is 0 Å². The van der Waals surface area contributed by atoms with E-state index < -0.39 is 54.0 Å². The van der Waals surface area contributed by atoms with Crippen molar-refractivity contribution >= 4 is 11.6 Å². The quantitative estimate of drug-likeness (QED) is 0.244. The molecule has 0 radical (unpaired) electrons. The molecule has 0 amide bonds. The molecule has 0 N–H and O–H groups in total. The van der Waals surface area contributed by atoms with E-state index in [1.807, 2.05) is 9.86 Å². The van der Waals surface area contributed by atoms with Crippen molar-refractivity contribution in [3.05, 3.63) is 18.3 Å². The van der Waals surface area contributed by atoms with E-state index in [-0.39, 0.29) is 11.1 Å². The summed E-state index contributed by atoms with van der Waals surface area (Å²) in [5, 5.41) is 17.6. The zero-order valence-electron chi connectivity index (χ0n) is 8.47. The molecule has 0 bridgehead atoms. The minimum atomic E-state index is -0.544. The van der Waals surface area contributed by atoms with E-state index >= 15 is 0 Å². The first-order valence-electron chi connectivity index (χ1n) is 3.99. The second kappa shape index (κ2) is 5.55. The van der Waals surface area contributed by atoms with Crippen molar-refractivity contribution in [2.24, 2.45) is 0 Å². The van der Waals surface area contributed by atoms with Gasteiger partial charge in [-0.25, -0.2) is 0 Å². The molecule has 16 heavy (non-hydrogen) atoms. The van der Waals surface area contributed by atoms with Gasteiger partial charge >= 0.3 is 114 Å². The average Bonchev–Trinajstić information content (AvgIpc) is 2.30. The van der Waals surface area contributed by atoms with Crippen molar-refractivity contribution in [3.63, 3.8) is 0 Å². The molecule has 0 spiro atoms. The molecule has 4 nitrogen and oxygen atoms in total. The molecule has 0 aliphatic heterocycles. The first-order valence-corrected chi connectivity index (χ1v) is 10.5. The summed E-state index contributed by atoms with van der Waals surface area (Å²) >= 11 is -1.09. The fourth-order valence-electron chi connectivity index (χ4n) is 1.20. The summed E-state index contributed by atoms with van der Waals surface area (Å²) < 4.78 is 1.05. The van der Waals surface area contributed by atoms with Crippen LogP contribution >= 0.6 is 0 Å². The normalized spacial score (nSPS) is 16.8. The summed E-state index contributed by atoms with van der Waals surface area (Å²) in [7, 11) is 0. The Morgan fingerprint density at radius 3 is 1.38 bits per heavy atom. The molecule has 0 saturated carbocycles. The van der Waals surface area contributed by atoms with E-state index in [4.69, 9.17) is 10.5 Å². The average molecular weight is 440 g/mol. The number of carbonyl (C=O) groups is 2. The van der Waals surface area contributed by atoms with Crippen LogP contribution in [0.1, 0.15) is 0 Å². The number of alkyl halides is 2. The molecule has 0 aromatic heterocycles. The van der Waals surface area contributed by atoms with Crippen molar-refractivity contribution in [3.8, 4) is 12.1 Å². The first kappa shape index (κ1) is 13.3. The number of allylic oxidation sites excluding steroid dienone is 4. The van der Waals surface area contributed by atoms with Gasteiger partial charge in [0.25, 0.3) is 0 Å². The van der Waals surface area contributed by atoms with Crippen LogP contribution in [0.4, 0.5) is 0 Å². The third kappa shape index (κ3) is 2.04. The number of Topliss-reactive ketones (excluding diaryl/α,β-unsaturated/α-hetero) is 2. The Balaban J connectivity index is 3.50. The van der Waals surface area contributed by atoms with Gasteiger partial charge in [0.05, 0.1) is 0 Å². The SMILES string of the molecule is C[I-]C1=C([I-]C)C(=O)C(C#N)=C(C#N)C1=O. The van der Waals surface area contributed by atoms with Gasteiger partial charge in [-0.15, -0.1) is 0 Å². The summed E-state index contributed by atoms with van der Waals surface area (Å²) in [4.78, 5) is 27.5. The van der Waals surface area contributed by atoms with Crippen LogP contribution in [0.15, 0.2) is 18.3 Å². The molecule has 1 aliphatic carbocycles. The Morgan fingerprint density at radius 1 is 0.875 bits per heavy atom. The standard InChI is InChI=1S/C10H6I2N2O2/c1-11-7-8(12-2)10(16)6(4-14)5(3-13)9(7)15/h1-2H3/q-2. The Bertz CT molecular complexity index is 472. The number of halogens is 2. The van der Waals surface area contributed by atoms with Crippen molar-refractivity contribution in [2.75, 3.05) is 9.86 Å². The fraction of sp³-hybridized carbons (Fsp3) is 0.200. The van der Waals surface area contributed by atoms with E-state index in [0.29, 0.717) is 7.16 Å².